The van der Waals surface area contributed by atoms with Crippen LogP contribution in [0.4, 0.5) is 8.78 Å². The summed E-state index contributed by atoms with van der Waals surface area (Å²) in [5.41, 5.74) is -0.0807. The Balaban J connectivity index is 2.28. The molecule has 0 aliphatic heterocycles. The maximum absolute atomic E-state index is 13.4. The first kappa shape index (κ1) is 16.5. The van der Waals surface area contributed by atoms with Crippen LogP contribution in [0.2, 0.25) is 0 Å². The summed E-state index contributed by atoms with van der Waals surface area (Å²) in [6.07, 6.45) is -0.295. The topological polar surface area (TPSA) is 58.6 Å². The molecule has 0 aliphatic carbocycles. The van der Waals surface area contributed by atoms with Crippen LogP contribution in [0.15, 0.2) is 18.2 Å². The second-order valence-corrected chi connectivity index (χ2v) is 4.29. The van der Waals surface area contributed by atoms with Crippen LogP contribution in [0.3, 0.4) is 0 Å². The lowest BCUT2D eigenvalue weighted by Crippen LogP contribution is -2.23. The number of carbonyl (C=O) groups is 1. The Morgan fingerprint density at radius 1 is 1.45 bits per heavy atom. The second-order valence-electron chi connectivity index (χ2n) is 4.29. The van der Waals surface area contributed by atoms with Crippen LogP contribution >= 0.6 is 0 Å². The van der Waals surface area contributed by atoms with Crippen molar-refractivity contribution < 1.29 is 23.4 Å². The number of aliphatic hydroxyl groups excluding tert-OH is 1. The van der Waals surface area contributed by atoms with E-state index in [9.17, 15) is 18.7 Å². The van der Waals surface area contributed by atoms with Crippen LogP contribution in [0.1, 0.15) is 31.4 Å². The molecular formula is C14H19F2NO3. The van der Waals surface area contributed by atoms with Gasteiger partial charge in [0.25, 0.3) is 0 Å². The van der Waals surface area contributed by atoms with Gasteiger partial charge in [-0.05, 0) is 38.1 Å². The van der Waals surface area contributed by atoms with Gasteiger partial charge >= 0.3 is 5.97 Å². The number of hydrogen-bond donors (Lipinski definition) is 2. The fraction of sp³-hybridized carbons (Fsp3) is 0.500. The quantitative estimate of drug-likeness (QED) is 0.566. The van der Waals surface area contributed by atoms with Crippen LogP contribution in [0.5, 0.6) is 0 Å². The maximum Gasteiger partial charge on any atom is 0.305 e. The molecule has 0 saturated heterocycles. The number of aliphatic hydroxyl groups is 1. The van der Waals surface area contributed by atoms with Gasteiger partial charge < -0.3 is 15.2 Å². The van der Waals surface area contributed by atoms with Crippen molar-refractivity contribution in [2.45, 2.75) is 25.9 Å². The Labute approximate surface area is 116 Å². The Hall–Kier alpha value is -1.53. The fourth-order valence-electron chi connectivity index (χ4n) is 1.71. The summed E-state index contributed by atoms with van der Waals surface area (Å²) in [6, 6.07) is 2.95. The highest BCUT2D eigenvalue weighted by molar-refractivity contribution is 5.69. The van der Waals surface area contributed by atoms with Crippen molar-refractivity contribution in [1.82, 2.24) is 5.32 Å². The summed E-state index contributed by atoms with van der Waals surface area (Å²) in [5, 5.41) is 12.6. The number of esters is 1. The predicted molar refractivity (Wildman–Crippen MR) is 70.1 cm³/mol. The molecule has 112 valence electrons. The van der Waals surface area contributed by atoms with E-state index in [1.807, 2.05) is 0 Å². The van der Waals surface area contributed by atoms with Crippen LogP contribution in [0.25, 0.3) is 0 Å². The number of ether oxygens (including phenoxy) is 1. The maximum atomic E-state index is 13.4. The van der Waals surface area contributed by atoms with Crippen molar-refractivity contribution in [3.63, 3.8) is 0 Å². The molecule has 6 heteroatoms. The molecule has 0 amide bonds. The monoisotopic (exact) mass is 287 g/mol. The van der Waals surface area contributed by atoms with Crippen LogP contribution in [-0.4, -0.2) is 30.8 Å². The van der Waals surface area contributed by atoms with E-state index in [0.29, 0.717) is 19.6 Å². The molecule has 1 aromatic rings. The van der Waals surface area contributed by atoms with E-state index in [0.717, 1.165) is 18.2 Å². The highest BCUT2D eigenvalue weighted by Crippen LogP contribution is 2.17. The number of benzene rings is 1. The van der Waals surface area contributed by atoms with Gasteiger partial charge in [0.2, 0.25) is 0 Å². The van der Waals surface area contributed by atoms with Gasteiger partial charge in [-0.15, -0.1) is 0 Å². The van der Waals surface area contributed by atoms with Crippen molar-refractivity contribution in [2.24, 2.45) is 0 Å². The van der Waals surface area contributed by atoms with Crippen molar-refractivity contribution in [3.05, 3.63) is 35.4 Å². The third kappa shape index (κ3) is 5.63. The molecule has 0 fully saturated rings. The van der Waals surface area contributed by atoms with Gasteiger partial charge in [0.05, 0.1) is 12.7 Å². The van der Waals surface area contributed by atoms with Crippen molar-refractivity contribution in [1.29, 1.82) is 0 Å². The molecule has 1 aromatic carbocycles. The van der Waals surface area contributed by atoms with Gasteiger partial charge in [-0.2, -0.15) is 0 Å². The van der Waals surface area contributed by atoms with E-state index < -0.39 is 17.7 Å². The van der Waals surface area contributed by atoms with Crippen LogP contribution in [-0.2, 0) is 9.53 Å². The normalized spacial score (nSPS) is 12.2. The minimum atomic E-state index is -1.13. The first-order chi connectivity index (χ1) is 9.54. The molecule has 0 bridgehead atoms. The number of halogens is 2. The number of rotatable bonds is 8. The average molecular weight is 287 g/mol. The first-order valence-corrected chi connectivity index (χ1v) is 6.54. The molecule has 4 nitrogen and oxygen atoms in total. The molecule has 0 aliphatic rings. The summed E-state index contributed by atoms with van der Waals surface area (Å²) < 4.78 is 31.1. The van der Waals surface area contributed by atoms with Gasteiger partial charge in [-0.3, -0.25) is 4.79 Å². The van der Waals surface area contributed by atoms with Crippen molar-refractivity contribution in [2.75, 3.05) is 19.7 Å². The van der Waals surface area contributed by atoms with Crippen LogP contribution < -0.4 is 5.32 Å². The minimum Gasteiger partial charge on any atom is -0.466 e. The zero-order valence-corrected chi connectivity index (χ0v) is 11.4. The Morgan fingerprint density at radius 3 is 2.90 bits per heavy atom. The summed E-state index contributed by atoms with van der Waals surface area (Å²) in [5.74, 6) is -1.51. The lowest BCUT2D eigenvalue weighted by molar-refractivity contribution is -0.143. The zero-order valence-electron chi connectivity index (χ0n) is 11.4. The van der Waals surface area contributed by atoms with E-state index in [1.165, 1.54) is 0 Å². The third-order valence-corrected chi connectivity index (χ3v) is 2.69. The summed E-state index contributed by atoms with van der Waals surface area (Å²) in [6.45, 7) is 2.65. The van der Waals surface area contributed by atoms with E-state index >= 15 is 0 Å². The molecule has 0 spiro atoms. The molecule has 20 heavy (non-hydrogen) atoms. The predicted octanol–water partition coefficient (Wildman–Crippen LogP) is 1.93. The van der Waals surface area contributed by atoms with Gasteiger partial charge in [0.15, 0.2) is 0 Å². The van der Waals surface area contributed by atoms with Crippen molar-refractivity contribution >= 4 is 5.97 Å². The lowest BCUT2D eigenvalue weighted by atomic mass is 10.1. The third-order valence-electron chi connectivity index (χ3n) is 2.69. The SMILES string of the molecule is CCOC(=O)CCCNCC(O)c1cc(F)ccc1F. The molecule has 1 unspecified atom stereocenters. The van der Waals surface area contributed by atoms with E-state index in [4.69, 9.17) is 4.74 Å². The molecule has 2 N–H and O–H groups in total. The Kier molecular flexibility index (Phi) is 7.11. The Morgan fingerprint density at radius 2 is 2.20 bits per heavy atom. The molecule has 0 radical (unpaired) electrons. The molecule has 1 atom stereocenters. The molecule has 1 rings (SSSR count). The fourth-order valence-corrected chi connectivity index (χ4v) is 1.71. The van der Waals surface area contributed by atoms with E-state index in [2.05, 4.69) is 5.32 Å². The number of hydrogen-bond acceptors (Lipinski definition) is 4. The van der Waals surface area contributed by atoms with E-state index in [-0.39, 0.29) is 24.5 Å². The smallest absolute Gasteiger partial charge is 0.305 e. The van der Waals surface area contributed by atoms with Crippen molar-refractivity contribution in [3.8, 4) is 0 Å². The average Bonchev–Trinajstić information content (AvgIpc) is 2.41. The highest BCUT2D eigenvalue weighted by atomic mass is 19.1. The largest absolute Gasteiger partial charge is 0.466 e. The number of carbonyl (C=O) groups excluding carboxylic acids is 1. The van der Waals surface area contributed by atoms with Crippen LogP contribution in [0, 0.1) is 11.6 Å². The number of nitrogens with one attached hydrogen (secondary N) is 1. The van der Waals surface area contributed by atoms with Gasteiger partial charge in [-0.1, -0.05) is 0 Å². The standard InChI is InChI=1S/C14H19F2NO3/c1-2-20-14(19)4-3-7-17-9-13(18)11-8-10(15)5-6-12(11)16/h5-6,8,13,17-18H,2-4,7,9H2,1H3. The highest BCUT2D eigenvalue weighted by Gasteiger charge is 2.13. The molecule has 0 aromatic heterocycles. The van der Waals surface area contributed by atoms with E-state index in [1.54, 1.807) is 6.92 Å². The molecule has 0 heterocycles. The van der Waals surface area contributed by atoms with Gasteiger partial charge in [0, 0.05) is 18.5 Å². The lowest BCUT2D eigenvalue weighted by Gasteiger charge is -2.13. The van der Waals surface area contributed by atoms with Gasteiger partial charge in [-0.25, -0.2) is 8.78 Å². The molecule has 0 saturated carbocycles. The second kappa shape index (κ2) is 8.60. The first-order valence-electron chi connectivity index (χ1n) is 6.54. The van der Waals surface area contributed by atoms with Gasteiger partial charge in [0.1, 0.15) is 11.6 Å². The minimum absolute atomic E-state index is 0.0807. The summed E-state index contributed by atoms with van der Waals surface area (Å²) in [7, 11) is 0. The Bertz CT molecular complexity index is 440. The molecular weight excluding hydrogens is 268 g/mol. The summed E-state index contributed by atoms with van der Waals surface area (Å²) >= 11 is 0. The summed E-state index contributed by atoms with van der Waals surface area (Å²) in [4.78, 5) is 11.1. The zero-order chi connectivity index (χ0) is 15.0.